The van der Waals surface area contributed by atoms with E-state index in [4.69, 9.17) is 10.1 Å². The van der Waals surface area contributed by atoms with Gasteiger partial charge in [0, 0.05) is 31.7 Å². The van der Waals surface area contributed by atoms with Crippen LogP contribution in [0.2, 0.25) is 0 Å². The first-order valence-electron chi connectivity index (χ1n) is 10.1. The molecule has 3 heterocycles. The van der Waals surface area contributed by atoms with Crippen LogP contribution in [0.15, 0.2) is 29.6 Å². The Morgan fingerprint density at radius 2 is 2.19 bits per heavy atom. The summed E-state index contributed by atoms with van der Waals surface area (Å²) in [7, 11) is 0. The summed E-state index contributed by atoms with van der Waals surface area (Å²) in [4.78, 5) is 4.95. The zero-order valence-corrected chi connectivity index (χ0v) is 16.7. The lowest BCUT2D eigenvalue weighted by Crippen LogP contribution is -2.50. The predicted molar refractivity (Wildman–Crippen MR) is 108 cm³/mol. The first kappa shape index (κ1) is 18.3. The Morgan fingerprint density at radius 3 is 2.93 bits per heavy atom. The molecule has 0 aromatic carbocycles. The summed E-state index contributed by atoms with van der Waals surface area (Å²) >= 11 is 0. The van der Waals surface area contributed by atoms with Gasteiger partial charge in [-0.2, -0.15) is 5.10 Å². The quantitative estimate of drug-likeness (QED) is 0.458. The fourth-order valence-electron chi connectivity index (χ4n) is 4.03. The molecule has 6 nitrogen and oxygen atoms in total. The van der Waals surface area contributed by atoms with Crippen molar-refractivity contribution in [1.82, 2.24) is 15.1 Å². The van der Waals surface area contributed by atoms with Gasteiger partial charge in [-0.05, 0) is 70.7 Å². The van der Waals surface area contributed by atoms with Crippen LogP contribution in [0, 0.1) is 5.41 Å². The van der Waals surface area contributed by atoms with Crippen LogP contribution in [0.1, 0.15) is 52.1 Å². The normalized spacial score (nSPS) is 25.4. The van der Waals surface area contributed by atoms with E-state index in [0.29, 0.717) is 11.8 Å². The van der Waals surface area contributed by atoms with Crippen LogP contribution in [0.5, 0.6) is 0 Å². The number of nitrogens with zero attached hydrogens (tertiary/aromatic N) is 3. The average molecular weight is 370 g/mol. The molecule has 1 aromatic heterocycles. The van der Waals surface area contributed by atoms with Crippen LogP contribution in [0.25, 0.3) is 0 Å². The maximum atomic E-state index is 8.55. The number of aromatic amines is 1. The number of nitrogens with one attached hydrogen (secondary N) is 2. The number of hydrogen-bond acceptors (Lipinski definition) is 5. The summed E-state index contributed by atoms with van der Waals surface area (Å²) in [6, 6.07) is 2.68. The average Bonchev–Trinajstić information content (AvgIpc) is 3.09. The molecule has 0 amide bonds. The van der Waals surface area contributed by atoms with E-state index in [0.717, 1.165) is 55.3 Å². The van der Waals surface area contributed by atoms with Crippen LogP contribution in [-0.4, -0.2) is 58.6 Å². The molecule has 146 valence electrons. The molecule has 1 saturated carbocycles. The van der Waals surface area contributed by atoms with Crippen molar-refractivity contribution in [3.8, 4) is 0 Å². The van der Waals surface area contributed by atoms with Gasteiger partial charge in [-0.3, -0.25) is 15.4 Å². The summed E-state index contributed by atoms with van der Waals surface area (Å²) in [5, 5.41) is 16.1. The van der Waals surface area contributed by atoms with Crippen LogP contribution in [0.3, 0.4) is 0 Å². The largest absolute Gasteiger partial charge is 0.488 e. The number of ether oxygens (including phenoxy) is 1. The van der Waals surface area contributed by atoms with Crippen molar-refractivity contribution in [2.75, 3.05) is 31.1 Å². The smallest absolute Gasteiger partial charge is 0.151 e. The molecule has 0 spiro atoms. The van der Waals surface area contributed by atoms with Gasteiger partial charge in [-0.25, -0.2) is 0 Å². The molecular weight excluding hydrogens is 338 g/mol. The third kappa shape index (κ3) is 3.95. The zero-order chi connectivity index (χ0) is 19.0. The van der Waals surface area contributed by atoms with E-state index in [1.165, 1.54) is 19.4 Å². The molecule has 1 unspecified atom stereocenters. The van der Waals surface area contributed by atoms with Gasteiger partial charge >= 0.3 is 0 Å². The molecule has 2 saturated heterocycles. The highest BCUT2D eigenvalue weighted by Gasteiger charge is 2.40. The molecule has 1 atom stereocenters. The summed E-state index contributed by atoms with van der Waals surface area (Å²) < 4.78 is 6.04. The second-order valence-electron chi connectivity index (χ2n) is 8.36. The Morgan fingerprint density at radius 1 is 1.37 bits per heavy atom. The lowest BCUT2D eigenvalue weighted by atomic mass is 10.1. The van der Waals surface area contributed by atoms with E-state index in [-0.39, 0.29) is 5.60 Å². The fraction of sp³-hybridized carbons (Fsp3) is 0.619. The summed E-state index contributed by atoms with van der Waals surface area (Å²) in [6.07, 6.45) is 8.74. The number of aromatic nitrogens is 2. The van der Waals surface area contributed by atoms with Crippen molar-refractivity contribution in [3.63, 3.8) is 0 Å². The van der Waals surface area contributed by atoms with Crippen molar-refractivity contribution in [3.05, 3.63) is 35.2 Å². The number of fused-ring (bicyclic) bond motifs is 1. The predicted octanol–water partition coefficient (Wildman–Crippen LogP) is 3.48. The van der Waals surface area contributed by atoms with E-state index in [1.54, 1.807) is 0 Å². The van der Waals surface area contributed by atoms with E-state index < -0.39 is 0 Å². The van der Waals surface area contributed by atoms with E-state index in [1.807, 2.05) is 32.1 Å². The van der Waals surface area contributed by atoms with Crippen LogP contribution in [-0.2, 0) is 4.74 Å². The number of rotatable bonds is 6. The third-order valence-electron chi connectivity index (χ3n) is 6.10. The molecule has 3 fully saturated rings. The van der Waals surface area contributed by atoms with Gasteiger partial charge in [0.2, 0.25) is 0 Å². The van der Waals surface area contributed by atoms with Crippen molar-refractivity contribution >= 4 is 11.5 Å². The van der Waals surface area contributed by atoms with Crippen molar-refractivity contribution in [2.24, 2.45) is 0 Å². The molecule has 3 aliphatic rings. The first-order valence-corrected chi connectivity index (χ1v) is 10.1. The fourth-order valence-corrected chi connectivity index (χ4v) is 4.03. The molecule has 2 N–H and O–H groups in total. The maximum Gasteiger partial charge on any atom is 0.151 e. The van der Waals surface area contributed by atoms with Gasteiger partial charge in [0.1, 0.15) is 11.4 Å². The molecule has 27 heavy (non-hydrogen) atoms. The minimum Gasteiger partial charge on any atom is -0.488 e. The van der Waals surface area contributed by atoms with Crippen molar-refractivity contribution < 1.29 is 4.74 Å². The molecule has 2 aliphatic heterocycles. The van der Waals surface area contributed by atoms with Gasteiger partial charge in [-0.1, -0.05) is 0 Å². The lowest BCUT2D eigenvalue weighted by molar-refractivity contribution is 0.119. The van der Waals surface area contributed by atoms with E-state index in [9.17, 15) is 0 Å². The van der Waals surface area contributed by atoms with Crippen LogP contribution in [0.4, 0.5) is 5.82 Å². The van der Waals surface area contributed by atoms with Gasteiger partial charge < -0.3 is 9.64 Å². The van der Waals surface area contributed by atoms with Crippen LogP contribution < -0.4 is 4.90 Å². The Hall–Kier alpha value is -2.08. The monoisotopic (exact) mass is 369 g/mol. The molecule has 1 aromatic rings. The highest BCUT2D eigenvalue weighted by atomic mass is 16.5. The SMILES string of the molecule is C/C=C(\C=C(/C)C(=N)c1cc(N2CCN3CCCC3C2)n[nH]1)OC1(C)CC1. The highest BCUT2D eigenvalue weighted by Crippen LogP contribution is 2.40. The summed E-state index contributed by atoms with van der Waals surface area (Å²) in [5.41, 5.74) is 2.10. The summed E-state index contributed by atoms with van der Waals surface area (Å²) in [5.74, 6) is 1.80. The number of anilines is 1. The molecule has 0 radical (unpaired) electrons. The first-order chi connectivity index (χ1) is 13.0. The Bertz CT molecular complexity index is 773. The second-order valence-corrected chi connectivity index (χ2v) is 8.36. The maximum absolute atomic E-state index is 8.55. The number of hydrogen-bond donors (Lipinski definition) is 2. The topological polar surface area (TPSA) is 68.2 Å². The molecule has 1 aliphatic carbocycles. The molecule has 6 heteroatoms. The number of allylic oxidation sites excluding steroid dienone is 3. The van der Waals surface area contributed by atoms with Gasteiger partial charge in [0.05, 0.1) is 11.4 Å². The summed E-state index contributed by atoms with van der Waals surface area (Å²) in [6.45, 7) is 10.5. The minimum absolute atomic E-state index is 0.00957. The Balaban J connectivity index is 1.42. The molecule has 4 rings (SSSR count). The van der Waals surface area contributed by atoms with Gasteiger partial charge in [0.25, 0.3) is 0 Å². The van der Waals surface area contributed by atoms with Crippen LogP contribution >= 0.6 is 0 Å². The molecular formula is C21H31N5O. The second kappa shape index (κ2) is 7.15. The molecule has 0 bridgehead atoms. The lowest BCUT2D eigenvalue weighted by Gasteiger charge is -2.37. The Labute approximate surface area is 161 Å². The van der Waals surface area contributed by atoms with Crippen molar-refractivity contribution in [1.29, 1.82) is 5.41 Å². The number of piperazine rings is 1. The standard InChI is InChI=1S/C21H31N5O/c1-4-17(27-21(3)7-8-21)12-15(2)20(22)18-13-19(24-23-18)26-11-10-25-9-5-6-16(25)14-26/h4,12-13,16,22H,5-11,14H2,1-3H3,(H,23,24)/b15-12+,17-4+,22-20?. The van der Waals surface area contributed by atoms with E-state index >= 15 is 0 Å². The minimum atomic E-state index is -0.00957. The number of H-pyrrole nitrogens is 1. The van der Waals surface area contributed by atoms with E-state index in [2.05, 4.69) is 26.9 Å². The highest BCUT2D eigenvalue weighted by molar-refractivity contribution is 6.09. The van der Waals surface area contributed by atoms with Crippen molar-refractivity contribution in [2.45, 2.75) is 58.1 Å². The Kier molecular flexibility index (Phi) is 4.84. The zero-order valence-electron chi connectivity index (χ0n) is 16.7. The van der Waals surface area contributed by atoms with Gasteiger partial charge in [-0.15, -0.1) is 0 Å². The van der Waals surface area contributed by atoms with Gasteiger partial charge in [0.15, 0.2) is 5.82 Å². The third-order valence-corrected chi connectivity index (χ3v) is 6.10.